The van der Waals surface area contributed by atoms with Crippen LogP contribution in [0, 0.1) is 0 Å². The van der Waals surface area contributed by atoms with E-state index in [1.54, 1.807) is 37.4 Å². The molecule has 3 aromatic carbocycles. The number of primary amides is 1. The average Bonchev–Trinajstić information content (AvgIpc) is 3.02. The first kappa shape index (κ1) is 19.8. The Morgan fingerprint density at radius 2 is 1.87 bits per heavy atom. The molecule has 0 aliphatic rings. The van der Waals surface area contributed by atoms with Crippen molar-refractivity contribution in [3.63, 3.8) is 0 Å². The van der Waals surface area contributed by atoms with Crippen LogP contribution in [0.4, 0.5) is 8.78 Å². The van der Waals surface area contributed by atoms with E-state index in [0.29, 0.717) is 17.7 Å². The van der Waals surface area contributed by atoms with Crippen molar-refractivity contribution in [1.29, 1.82) is 0 Å². The van der Waals surface area contributed by atoms with Crippen LogP contribution < -0.4 is 10.5 Å². The van der Waals surface area contributed by atoms with Crippen LogP contribution in [0.3, 0.4) is 0 Å². The van der Waals surface area contributed by atoms with Gasteiger partial charge in [0.05, 0.1) is 18.7 Å². The molecule has 5 nitrogen and oxygen atoms in total. The standard InChI is InChI=1S/C23H20F2N2O3/c1-29-13-14-9-10-16-19(11-14)27(18-7-4-6-17(21(16)18)22(26)28)12-15-5-2-3-8-20(15)30-23(24)25/h2-11,23H,12-13H2,1H3,(H2,26,28). The zero-order valence-electron chi connectivity index (χ0n) is 16.3. The highest BCUT2D eigenvalue weighted by atomic mass is 19.3. The highest BCUT2D eigenvalue weighted by Gasteiger charge is 2.18. The Hall–Kier alpha value is -3.45. The molecule has 0 saturated heterocycles. The van der Waals surface area contributed by atoms with Crippen molar-refractivity contribution in [2.75, 3.05) is 7.11 Å². The fourth-order valence-electron chi connectivity index (χ4n) is 3.84. The molecule has 0 atom stereocenters. The average molecular weight is 410 g/mol. The van der Waals surface area contributed by atoms with Crippen LogP contribution in [-0.2, 0) is 17.9 Å². The van der Waals surface area contributed by atoms with E-state index >= 15 is 0 Å². The van der Waals surface area contributed by atoms with E-state index < -0.39 is 12.5 Å². The Bertz CT molecular complexity index is 1230. The fraction of sp³-hybridized carbons (Fsp3) is 0.174. The predicted octanol–water partition coefficient (Wildman–Crippen LogP) is 4.69. The molecule has 4 aromatic rings. The van der Waals surface area contributed by atoms with Gasteiger partial charge in [-0.15, -0.1) is 0 Å². The summed E-state index contributed by atoms with van der Waals surface area (Å²) in [7, 11) is 1.61. The first-order valence-corrected chi connectivity index (χ1v) is 9.35. The van der Waals surface area contributed by atoms with Gasteiger partial charge in [-0.25, -0.2) is 0 Å². The molecule has 1 amide bonds. The van der Waals surface area contributed by atoms with Crippen LogP contribution in [-0.4, -0.2) is 24.2 Å². The van der Waals surface area contributed by atoms with Crippen molar-refractivity contribution in [3.8, 4) is 5.75 Å². The number of hydrogen-bond donors (Lipinski definition) is 1. The molecule has 154 valence electrons. The maximum atomic E-state index is 12.9. The minimum atomic E-state index is -2.92. The second-order valence-electron chi connectivity index (χ2n) is 6.92. The molecule has 0 fully saturated rings. The van der Waals surface area contributed by atoms with Crippen LogP contribution in [0.25, 0.3) is 21.8 Å². The Labute approximate surface area is 171 Å². The van der Waals surface area contributed by atoms with E-state index in [-0.39, 0.29) is 12.3 Å². The van der Waals surface area contributed by atoms with Crippen LogP contribution in [0.15, 0.2) is 60.7 Å². The van der Waals surface area contributed by atoms with E-state index in [1.165, 1.54) is 6.07 Å². The number of nitrogens with two attached hydrogens (primary N) is 1. The number of para-hydroxylation sites is 1. The molecule has 4 rings (SSSR count). The van der Waals surface area contributed by atoms with Gasteiger partial charge in [0, 0.05) is 34.5 Å². The lowest BCUT2D eigenvalue weighted by Gasteiger charge is -2.13. The van der Waals surface area contributed by atoms with Crippen molar-refractivity contribution in [2.45, 2.75) is 19.8 Å². The van der Waals surface area contributed by atoms with Gasteiger partial charge in [0.15, 0.2) is 0 Å². The van der Waals surface area contributed by atoms with E-state index in [9.17, 15) is 13.6 Å². The SMILES string of the molecule is COCc1ccc2c3c(C(N)=O)cccc3n(Cc3ccccc3OC(F)F)c2c1. The summed E-state index contributed by atoms with van der Waals surface area (Å²) in [5, 5.41) is 1.59. The summed E-state index contributed by atoms with van der Waals surface area (Å²) in [4.78, 5) is 12.1. The summed E-state index contributed by atoms with van der Waals surface area (Å²) in [5.74, 6) is -0.413. The van der Waals surface area contributed by atoms with Gasteiger partial charge in [-0.3, -0.25) is 4.79 Å². The Kier molecular flexibility index (Phi) is 5.37. The van der Waals surface area contributed by atoms with Gasteiger partial charge in [0.25, 0.3) is 0 Å². The molecular formula is C23H20F2N2O3. The van der Waals surface area contributed by atoms with Crippen LogP contribution in [0.2, 0.25) is 0 Å². The van der Waals surface area contributed by atoms with E-state index in [4.69, 9.17) is 15.2 Å². The second kappa shape index (κ2) is 8.12. The minimum absolute atomic E-state index is 0.113. The number of aromatic nitrogens is 1. The molecule has 30 heavy (non-hydrogen) atoms. The van der Waals surface area contributed by atoms with Gasteiger partial charge in [-0.05, 0) is 29.8 Å². The van der Waals surface area contributed by atoms with Crippen molar-refractivity contribution in [2.24, 2.45) is 5.73 Å². The molecule has 1 heterocycles. The lowest BCUT2D eigenvalue weighted by molar-refractivity contribution is -0.0504. The number of ether oxygens (including phenoxy) is 2. The molecule has 2 N–H and O–H groups in total. The van der Waals surface area contributed by atoms with Gasteiger partial charge in [-0.2, -0.15) is 8.78 Å². The zero-order chi connectivity index (χ0) is 21.3. The summed E-state index contributed by atoms with van der Waals surface area (Å²) in [6.45, 7) is -2.22. The Morgan fingerprint density at radius 1 is 1.07 bits per heavy atom. The van der Waals surface area contributed by atoms with Crippen molar-refractivity contribution in [3.05, 3.63) is 77.4 Å². The zero-order valence-corrected chi connectivity index (χ0v) is 16.3. The third kappa shape index (κ3) is 3.59. The largest absolute Gasteiger partial charge is 0.434 e. The van der Waals surface area contributed by atoms with E-state index in [2.05, 4.69) is 0 Å². The maximum Gasteiger partial charge on any atom is 0.387 e. The lowest BCUT2D eigenvalue weighted by atomic mass is 10.0. The molecule has 0 aliphatic heterocycles. The number of hydrogen-bond acceptors (Lipinski definition) is 3. The summed E-state index contributed by atoms with van der Waals surface area (Å²) in [6.07, 6.45) is 0. The van der Waals surface area contributed by atoms with Gasteiger partial charge >= 0.3 is 6.61 Å². The molecule has 0 spiro atoms. The minimum Gasteiger partial charge on any atom is -0.434 e. The van der Waals surface area contributed by atoms with Gasteiger partial charge in [0.2, 0.25) is 5.91 Å². The van der Waals surface area contributed by atoms with Crippen molar-refractivity contribution in [1.82, 2.24) is 4.57 Å². The van der Waals surface area contributed by atoms with Crippen LogP contribution >= 0.6 is 0 Å². The van der Waals surface area contributed by atoms with Crippen molar-refractivity contribution >= 4 is 27.7 Å². The van der Waals surface area contributed by atoms with E-state index in [0.717, 1.165) is 27.4 Å². The maximum absolute atomic E-state index is 12.9. The summed E-state index contributed by atoms with van der Waals surface area (Å²) >= 11 is 0. The van der Waals surface area contributed by atoms with Crippen LogP contribution in [0.1, 0.15) is 21.5 Å². The first-order chi connectivity index (χ1) is 14.5. The first-order valence-electron chi connectivity index (χ1n) is 9.35. The molecule has 0 bridgehead atoms. The number of halogens is 2. The molecular weight excluding hydrogens is 390 g/mol. The number of amides is 1. The highest BCUT2D eigenvalue weighted by molar-refractivity contribution is 6.18. The number of rotatable bonds is 7. The van der Waals surface area contributed by atoms with E-state index in [1.807, 2.05) is 28.8 Å². The summed E-state index contributed by atoms with van der Waals surface area (Å²) < 4.78 is 37.7. The molecule has 1 aromatic heterocycles. The summed E-state index contributed by atoms with van der Waals surface area (Å²) in [5.41, 5.74) is 9.20. The van der Waals surface area contributed by atoms with Crippen LogP contribution in [0.5, 0.6) is 5.75 Å². The van der Waals surface area contributed by atoms with Gasteiger partial charge < -0.3 is 19.8 Å². The molecule has 7 heteroatoms. The Morgan fingerprint density at radius 3 is 2.60 bits per heavy atom. The molecule has 0 aliphatic carbocycles. The number of carbonyl (C=O) groups is 1. The lowest BCUT2D eigenvalue weighted by Crippen LogP contribution is -2.11. The number of benzene rings is 3. The third-order valence-electron chi connectivity index (χ3n) is 5.05. The van der Waals surface area contributed by atoms with Gasteiger partial charge in [-0.1, -0.05) is 36.4 Å². The normalized spacial score (nSPS) is 11.5. The molecule has 0 radical (unpaired) electrons. The highest BCUT2D eigenvalue weighted by Crippen LogP contribution is 2.34. The number of carbonyl (C=O) groups excluding carboxylic acids is 1. The third-order valence-corrected chi connectivity index (χ3v) is 5.05. The number of methoxy groups -OCH3 is 1. The smallest absolute Gasteiger partial charge is 0.387 e. The predicted molar refractivity (Wildman–Crippen MR) is 111 cm³/mol. The second-order valence-corrected chi connectivity index (χ2v) is 6.92. The number of nitrogens with zero attached hydrogens (tertiary/aromatic N) is 1. The monoisotopic (exact) mass is 410 g/mol. The molecule has 0 unspecified atom stereocenters. The topological polar surface area (TPSA) is 66.5 Å². The van der Waals surface area contributed by atoms with Gasteiger partial charge in [0.1, 0.15) is 5.75 Å². The van der Waals surface area contributed by atoms with Crippen molar-refractivity contribution < 1.29 is 23.0 Å². The Balaban J connectivity index is 1.97. The number of alkyl halides is 2. The quantitative estimate of drug-likeness (QED) is 0.481. The summed E-state index contributed by atoms with van der Waals surface area (Å²) in [6, 6.07) is 17.8. The fourth-order valence-corrected chi connectivity index (χ4v) is 3.84. The number of fused-ring (bicyclic) bond motifs is 3. The molecule has 0 saturated carbocycles.